The monoisotopic (exact) mass is 404 g/mol. The zero-order chi connectivity index (χ0) is 19.2. The molecule has 1 N–H and O–H groups in total. The molecule has 0 aliphatic rings. The maximum atomic E-state index is 12.5. The quantitative estimate of drug-likeness (QED) is 0.483. The van der Waals surface area contributed by atoms with E-state index in [-0.39, 0.29) is 5.91 Å². The first kappa shape index (κ1) is 19.5. The van der Waals surface area contributed by atoms with Crippen LogP contribution in [0.1, 0.15) is 36.5 Å². The minimum Gasteiger partial charge on any atom is -0.494 e. The maximum Gasteiger partial charge on any atom is 0.257 e. The number of thiazole rings is 1. The first-order valence-electron chi connectivity index (χ1n) is 8.79. The Morgan fingerprint density at radius 1 is 1.19 bits per heavy atom. The summed E-state index contributed by atoms with van der Waals surface area (Å²) in [6, 6.07) is 10.6. The Bertz CT molecular complexity index is 925. The van der Waals surface area contributed by atoms with Gasteiger partial charge in [-0.05, 0) is 42.8 Å². The van der Waals surface area contributed by atoms with E-state index in [2.05, 4.69) is 17.2 Å². The second-order valence-corrected chi connectivity index (χ2v) is 7.39. The minimum atomic E-state index is -0.235. The molecule has 0 atom stereocenters. The number of ether oxygens (including phenoxy) is 2. The summed E-state index contributed by atoms with van der Waals surface area (Å²) in [5.74, 6) is 1.15. The number of amides is 1. The summed E-state index contributed by atoms with van der Waals surface area (Å²) in [6.45, 7) is 2.84. The molecule has 0 unspecified atom stereocenters. The van der Waals surface area contributed by atoms with Crippen LogP contribution < -0.4 is 14.8 Å². The molecule has 3 aromatic rings. The molecule has 1 heterocycles. The fraction of sp³-hybridized carbons (Fsp3) is 0.300. The highest BCUT2D eigenvalue weighted by atomic mass is 35.5. The number of unbranched alkanes of at least 4 members (excludes halogenated alkanes) is 2. The second kappa shape index (κ2) is 9.06. The van der Waals surface area contributed by atoms with Crippen LogP contribution in [0.25, 0.3) is 10.2 Å². The molecular weight excluding hydrogens is 384 g/mol. The lowest BCUT2D eigenvalue weighted by Gasteiger charge is -2.06. The Balaban J connectivity index is 1.68. The van der Waals surface area contributed by atoms with Crippen molar-refractivity contribution in [1.82, 2.24) is 4.98 Å². The van der Waals surface area contributed by atoms with Crippen LogP contribution in [-0.4, -0.2) is 24.6 Å². The third-order valence-corrected chi connectivity index (χ3v) is 5.46. The molecule has 0 saturated carbocycles. The van der Waals surface area contributed by atoms with Gasteiger partial charge in [0, 0.05) is 5.56 Å². The smallest absolute Gasteiger partial charge is 0.257 e. The number of hydrogen-bond donors (Lipinski definition) is 1. The fourth-order valence-corrected chi connectivity index (χ4v) is 3.74. The fourth-order valence-electron chi connectivity index (χ4n) is 2.58. The van der Waals surface area contributed by atoms with Crippen molar-refractivity contribution in [2.45, 2.75) is 26.2 Å². The zero-order valence-corrected chi connectivity index (χ0v) is 16.8. The summed E-state index contributed by atoms with van der Waals surface area (Å²) in [5, 5.41) is 3.87. The van der Waals surface area contributed by atoms with Crippen molar-refractivity contribution in [3.8, 4) is 11.5 Å². The summed E-state index contributed by atoms with van der Waals surface area (Å²) in [6.07, 6.45) is 3.34. The van der Waals surface area contributed by atoms with Gasteiger partial charge in [0.05, 0.1) is 23.4 Å². The van der Waals surface area contributed by atoms with Crippen LogP contribution in [0, 0.1) is 0 Å². The van der Waals surface area contributed by atoms with E-state index >= 15 is 0 Å². The van der Waals surface area contributed by atoms with Gasteiger partial charge in [-0.1, -0.05) is 42.7 Å². The lowest BCUT2D eigenvalue weighted by molar-refractivity contribution is 0.102. The molecule has 0 saturated heterocycles. The third-order valence-electron chi connectivity index (χ3n) is 4.03. The van der Waals surface area contributed by atoms with E-state index in [4.69, 9.17) is 21.1 Å². The van der Waals surface area contributed by atoms with Crippen molar-refractivity contribution < 1.29 is 14.3 Å². The molecule has 0 aliphatic heterocycles. The highest BCUT2D eigenvalue weighted by Gasteiger charge is 2.14. The highest BCUT2D eigenvalue weighted by Crippen LogP contribution is 2.37. The molecule has 142 valence electrons. The van der Waals surface area contributed by atoms with Crippen LogP contribution in [0.15, 0.2) is 36.4 Å². The largest absolute Gasteiger partial charge is 0.494 e. The van der Waals surface area contributed by atoms with Gasteiger partial charge in [0.2, 0.25) is 0 Å². The van der Waals surface area contributed by atoms with Gasteiger partial charge in [-0.2, -0.15) is 0 Å². The Labute approximate surface area is 167 Å². The van der Waals surface area contributed by atoms with Gasteiger partial charge in [0.15, 0.2) is 5.13 Å². The van der Waals surface area contributed by atoms with Gasteiger partial charge < -0.3 is 9.47 Å². The van der Waals surface area contributed by atoms with Gasteiger partial charge in [0.25, 0.3) is 5.91 Å². The Morgan fingerprint density at radius 2 is 1.96 bits per heavy atom. The average Bonchev–Trinajstić information content (AvgIpc) is 3.10. The molecule has 0 radical (unpaired) electrons. The van der Waals surface area contributed by atoms with Gasteiger partial charge in [0.1, 0.15) is 17.0 Å². The molecule has 2 aromatic carbocycles. The van der Waals surface area contributed by atoms with Crippen LogP contribution in [-0.2, 0) is 0 Å². The molecule has 3 rings (SSSR count). The lowest BCUT2D eigenvalue weighted by atomic mass is 10.2. The molecule has 0 spiro atoms. The molecule has 0 aliphatic carbocycles. The normalized spacial score (nSPS) is 10.8. The number of nitrogens with one attached hydrogen (secondary N) is 1. The van der Waals surface area contributed by atoms with Crippen molar-refractivity contribution in [2.75, 3.05) is 19.0 Å². The molecule has 0 fully saturated rings. The standard InChI is InChI=1S/C20H21ClN2O3S/c1-3-4-5-12-26-14-8-6-13(7-9-14)19(24)23-20-22-17-16(25-2)11-10-15(21)18(17)27-20/h6-11H,3-5,12H2,1-2H3,(H,22,23,24). The topological polar surface area (TPSA) is 60.5 Å². The average molecular weight is 405 g/mol. The summed E-state index contributed by atoms with van der Waals surface area (Å²) in [7, 11) is 1.58. The van der Waals surface area contributed by atoms with Gasteiger partial charge in [-0.3, -0.25) is 10.1 Å². The molecule has 0 bridgehead atoms. The Kier molecular flexibility index (Phi) is 6.53. The number of anilines is 1. The van der Waals surface area contributed by atoms with E-state index in [0.717, 1.165) is 29.7 Å². The van der Waals surface area contributed by atoms with Gasteiger partial charge in [-0.15, -0.1) is 0 Å². The first-order chi connectivity index (χ1) is 13.1. The van der Waals surface area contributed by atoms with E-state index < -0.39 is 0 Å². The molecule has 1 amide bonds. The molecule has 7 heteroatoms. The summed E-state index contributed by atoms with van der Waals surface area (Å²) < 4.78 is 11.8. The Hall–Kier alpha value is -2.31. The maximum absolute atomic E-state index is 12.5. The summed E-state index contributed by atoms with van der Waals surface area (Å²) >= 11 is 7.54. The van der Waals surface area contributed by atoms with Crippen molar-refractivity contribution in [3.63, 3.8) is 0 Å². The van der Waals surface area contributed by atoms with Crippen LogP contribution in [0.4, 0.5) is 5.13 Å². The number of halogens is 1. The van der Waals surface area contributed by atoms with Crippen molar-refractivity contribution in [1.29, 1.82) is 0 Å². The summed E-state index contributed by atoms with van der Waals surface area (Å²) in [4.78, 5) is 16.9. The van der Waals surface area contributed by atoms with E-state index in [1.54, 1.807) is 43.5 Å². The van der Waals surface area contributed by atoms with Crippen LogP contribution >= 0.6 is 22.9 Å². The number of carbonyl (C=O) groups excluding carboxylic acids is 1. The highest BCUT2D eigenvalue weighted by molar-refractivity contribution is 7.23. The van der Waals surface area contributed by atoms with E-state index in [1.165, 1.54) is 11.3 Å². The van der Waals surface area contributed by atoms with E-state index in [9.17, 15) is 4.79 Å². The number of methoxy groups -OCH3 is 1. The summed E-state index contributed by atoms with van der Waals surface area (Å²) in [5.41, 5.74) is 1.18. The number of hydrogen-bond acceptors (Lipinski definition) is 5. The molecule has 1 aromatic heterocycles. The molecule has 5 nitrogen and oxygen atoms in total. The third kappa shape index (κ3) is 4.70. The van der Waals surface area contributed by atoms with Gasteiger partial charge >= 0.3 is 0 Å². The van der Waals surface area contributed by atoms with Gasteiger partial charge in [-0.25, -0.2) is 4.98 Å². The number of nitrogens with zero attached hydrogens (tertiary/aromatic N) is 1. The Morgan fingerprint density at radius 3 is 2.67 bits per heavy atom. The number of carbonyl (C=O) groups is 1. The lowest BCUT2D eigenvalue weighted by Crippen LogP contribution is -2.11. The van der Waals surface area contributed by atoms with E-state index in [1.807, 2.05) is 0 Å². The van der Waals surface area contributed by atoms with Crippen molar-refractivity contribution in [2.24, 2.45) is 0 Å². The molecule has 27 heavy (non-hydrogen) atoms. The molecular formula is C20H21ClN2O3S. The van der Waals surface area contributed by atoms with Crippen LogP contribution in [0.5, 0.6) is 11.5 Å². The number of fused-ring (bicyclic) bond motifs is 1. The minimum absolute atomic E-state index is 0.235. The zero-order valence-electron chi connectivity index (χ0n) is 15.3. The first-order valence-corrected chi connectivity index (χ1v) is 9.99. The van der Waals surface area contributed by atoms with Crippen molar-refractivity contribution in [3.05, 3.63) is 47.0 Å². The van der Waals surface area contributed by atoms with Crippen molar-refractivity contribution >= 4 is 44.2 Å². The number of benzene rings is 2. The number of rotatable bonds is 8. The second-order valence-electron chi connectivity index (χ2n) is 5.98. The SMILES string of the molecule is CCCCCOc1ccc(C(=O)Nc2nc3c(OC)ccc(Cl)c3s2)cc1. The number of aromatic nitrogens is 1. The van der Waals surface area contributed by atoms with Crippen LogP contribution in [0.3, 0.4) is 0 Å². The van der Waals surface area contributed by atoms with Crippen LogP contribution in [0.2, 0.25) is 5.02 Å². The predicted octanol–water partition coefficient (Wildman–Crippen LogP) is 5.78. The van der Waals surface area contributed by atoms with E-state index in [0.29, 0.717) is 33.6 Å². The predicted molar refractivity (Wildman–Crippen MR) is 111 cm³/mol.